The van der Waals surface area contributed by atoms with Gasteiger partial charge in [0, 0.05) is 28.9 Å². The van der Waals surface area contributed by atoms with E-state index in [0.29, 0.717) is 44.8 Å². The van der Waals surface area contributed by atoms with Crippen molar-refractivity contribution >= 4 is 51.4 Å². The van der Waals surface area contributed by atoms with E-state index in [-0.39, 0.29) is 11.0 Å². The molecule has 1 aromatic heterocycles. The number of fused-ring (bicyclic) bond motifs is 1. The van der Waals surface area contributed by atoms with Gasteiger partial charge in [0.15, 0.2) is 16.6 Å². The lowest BCUT2D eigenvalue weighted by atomic mass is 10.0. The van der Waals surface area contributed by atoms with Crippen molar-refractivity contribution in [3.8, 4) is 23.0 Å². The summed E-state index contributed by atoms with van der Waals surface area (Å²) in [6.07, 6.45) is 1.64. The highest BCUT2D eigenvalue weighted by molar-refractivity contribution is 7.80. The molecule has 9 heteroatoms. The van der Waals surface area contributed by atoms with Crippen LogP contribution in [0, 0.1) is 13.8 Å². The molecule has 1 heterocycles. The lowest BCUT2D eigenvalue weighted by Gasteiger charge is -2.14. The summed E-state index contributed by atoms with van der Waals surface area (Å²) in [4.78, 5) is 17.0. The van der Waals surface area contributed by atoms with Gasteiger partial charge < -0.3 is 19.5 Å². The maximum absolute atomic E-state index is 12.6. The zero-order valence-corrected chi connectivity index (χ0v) is 21.7. The first-order valence-corrected chi connectivity index (χ1v) is 11.8. The Hall–Kier alpha value is -3.88. The van der Waals surface area contributed by atoms with E-state index in [4.69, 9.17) is 38.0 Å². The maximum atomic E-state index is 12.6. The molecule has 0 aliphatic heterocycles. The van der Waals surface area contributed by atoms with Crippen LogP contribution in [0.2, 0.25) is 5.02 Å². The quantitative estimate of drug-likeness (QED) is 0.282. The second kappa shape index (κ2) is 10.8. The zero-order chi connectivity index (χ0) is 25.8. The number of ether oxygens (including phenoxy) is 3. The minimum Gasteiger partial charge on any atom is -0.493 e. The summed E-state index contributed by atoms with van der Waals surface area (Å²) in [5.41, 5.74) is 3.79. The predicted molar refractivity (Wildman–Crippen MR) is 146 cm³/mol. The lowest BCUT2D eigenvalue weighted by molar-refractivity contribution is 0.0977. The SMILES string of the molecule is COc1cc2nccc(Oc3ccc(NC(=S)NC(=O)c4cccc(C)c4C)cc3Cl)c2cc1OC. The van der Waals surface area contributed by atoms with Crippen molar-refractivity contribution in [1.82, 2.24) is 10.3 Å². The first-order chi connectivity index (χ1) is 17.3. The van der Waals surface area contributed by atoms with Crippen LogP contribution in [0.5, 0.6) is 23.0 Å². The van der Waals surface area contributed by atoms with Crippen molar-refractivity contribution in [3.63, 3.8) is 0 Å². The molecule has 4 aromatic rings. The number of aromatic nitrogens is 1. The number of methoxy groups -OCH3 is 2. The number of carbonyl (C=O) groups excluding carboxylic acids is 1. The fourth-order valence-electron chi connectivity index (χ4n) is 3.65. The number of pyridine rings is 1. The smallest absolute Gasteiger partial charge is 0.257 e. The van der Waals surface area contributed by atoms with E-state index in [1.807, 2.05) is 26.0 Å². The lowest BCUT2D eigenvalue weighted by Crippen LogP contribution is -2.34. The molecule has 0 bridgehead atoms. The van der Waals surface area contributed by atoms with Gasteiger partial charge in [0.05, 0.1) is 24.8 Å². The van der Waals surface area contributed by atoms with Crippen molar-refractivity contribution in [2.45, 2.75) is 13.8 Å². The number of rotatable bonds is 6. The Bertz CT molecular complexity index is 1480. The Morgan fingerprint density at radius 1 is 0.944 bits per heavy atom. The Morgan fingerprint density at radius 3 is 2.42 bits per heavy atom. The number of hydrogen-bond donors (Lipinski definition) is 2. The summed E-state index contributed by atoms with van der Waals surface area (Å²) in [7, 11) is 3.14. The Kier molecular flexibility index (Phi) is 7.57. The molecule has 0 unspecified atom stereocenters. The van der Waals surface area contributed by atoms with E-state index in [1.165, 1.54) is 0 Å². The molecule has 0 fully saturated rings. The third-order valence-electron chi connectivity index (χ3n) is 5.69. The van der Waals surface area contributed by atoms with E-state index in [0.717, 1.165) is 16.5 Å². The van der Waals surface area contributed by atoms with Crippen molar-refractivity contribution in [3.05, 3.63) is 82.5 Å². The average molecular weight is 522 g/mol. The second-order valence-corrected chi connectivity index (χ2v) is 8.75. The molecule has 0 saturated heterocycles. The zero-order valence-electron chi connectivity index (χ0n) is 20.1. The van der Waals surface area contributed by atoms with Crippen LogP contribution in [0.25, 0.3) is 10.9 Å². The van der Waals surface area contributed by atoms with Gasteiger partial charge in [-0.05, 0) is 73.6 Å². The predicted octanol–water partition coefficient (Wildman–Crippen LogP) is 6.44. The summed E-state index contributed by atoms with van der Waals surface area (Å²) in [6.45, 7) is 3.86. The number of hydrogen-bond acceptors (Lipinski definition) is 6. The number of halogens is 1. The summed E-state index contributed by atoms with van der Waals surface area (Å²) >= 11 is 11.8. The Labute approximate surface area is 219 Å². The van der Waals surface area contributed by atoms with Gasteiger partial charge in [-0.25, -0.2) is 0 Å². The molecule has 0 atom stereocenters. The maximum Gasteiger partial charge on any atom is 0.257 e. The second-order valence-electron chi connectivity index (χ2n) is 7.94. The molecule has 7 nitrogen and oxygen atoms in total. The van der Waals surface area contributed by atoms with E-state index in [2.05, 4.69) is 15.6 Å². The first kappa shape index (κ1) is 25.2. The summed E-state index contributed by atoms with van der Waals surface area (Å²) in [5.74, 6) is 1.85. The first-order valence-electron chi connectivity index (χ1n) is 11.0. The van der Waals surface area contributed by atoms with Gasteiger partial charge in [-0.1, -0.05) is 23.7 Å². The van der Waals surface area contributed by atoms with Gasteiger partial charge in [-0.2, -0.15) is 0 Å². The van der Waals surface area contributed by atoms with E-state index < -0.39 is 0 Å². The van der Waals surface area contributed by atoms with Crippen LogP contribution < -0.4 is 24.8 Å². The van der Waals surface area contributed by atoms with Crippen LogP contribution in [0.3, 0.4) is 0 Å². The highest BCUT2D eigenvalue weighted by Crippen LogP contribution is 2.38. The minimum atomic E-state index is -0.281. The highest BCUT2D eigenvalue weighted by atomic mass is 35.5. The number of thiocarbonyl (C=S) groups is 1. The van der Waals surface area contributed by atoms with Crippen LogP contribution in [0.15, 0.2) is 60.8 Å². The Balaban J connectivity index is 1.50. The van der Waals surface area contributed by atoms with E-state index >= 15 is 0 Å². The van der Waals surface area contributed by atoms with Crippen LogP contribution in [-0.2, 0) is 0 Å². The fourth-order valence-corrected chi connectivity index (χ4v) is 4.08. The van der Waals surface area contributed by atoms with Gasteiger partial charge in [0.2, 0.25) is 0 Å². The molecule has 4 rings (SSSR count). The van der Waals surface area contributed by atoms with Gasteiger partial charge >= 0.3 is 0 Å². The van der Waals surface area contributed by atoms with Crippen LogP contribution in [-0.4, -0.2) is 30.2 Å². The third kappa shape index (κ3) is 5.35. The number of nitrogens with one attached hydrogen (secondary N) is 2. The molecule has 3 aromatic carbocycles. The molecule has 0 spiro atoms. The topological polar surface area (TPSA) is 81.7 Å². The number of carbonyl (C=O) groups is 1. The van der Waals surface area contributed by atoms with Crippen molar-refractivity contribution in [2.75, 3.05) is 19.5 Å². The van der Waals surface area contributed by atoms with Crippen molar-refractivity contribution in [2.24, 2.45) is 0 Å². The van der Waals surface area contributed by atoms with Gasteiger partial charge in [-0.15, -0.1) is 0 Å². The molecule has 0 aliphatic carbocycles. The van der Waals surface area contributed by atoms with E-state index in [1.54, 1.807) is 62.9 Å². The van der Waals surface area contributed by atoms with Crippen LogP contribution >= 0.6 is 23.8 Å². The van der Waals surface area contributed by atoms with Crippen molar-refractivity contribution in [1.29, 1.82) is 0 Å². The molecular formula is C27H24ClN3O4S. The number of amides is 1. The van der Waals surface area contributed by atoms with Crippen LogP contribution in [0.4, 0.5) is 5.69 Å². The molecule has 2 N–H and O–H groups in total. The van der Waals surface area contributed by atoms with Gasteiger partial charge in [0.1, 0.15) is 11.5 Å². The summed E-state index contributed by atoms with van der Waals surface area (Å²) in [5, 5.41) is 6.94. The monoisotopic (exact) mass is 521 g/mol. The minimum absolute atomic E-state index is 0.159. The van der Waals surface area contributed by atoms with E-state index in [9.17, 15) is 4.79 Å². The number of benzene rings is 3. The molecule has 0 aliphatic rings. The highest BCUT2D eigenvalue weighted by Gasteiger charge is 2.14. The Morgan fingerprint density at radius 2 is 1.69 bits per heavy atom. The largest absolute Gasteiger partial charge is 0.493 e. The molecular weight excluding hydrogens is 498 g/mol. The van der Waals surface area contributed by atoms with Crippen LogP contribution in [0.1, 0.15) is 21.5 Å². The summed E-state index contributed by atoms with van der Waals surface area (Å²) < 4.78 is 16.9. The number of aryl methyl sites for hydroxylation is 1. The number of anilines is 1. The van der Waals surface area contributed by atoms with Gasteiger partial charge in [0.25, 0.3) is 5.91 Å². The van der Waals surface area contributed by atoms with Gasteiger partial charge in [-0.3, -0.25) is 15.1 Å². The van der Waals surface area contributed by atoms with Crippen molar-refractivity contribution < 1.29 is 19.0 Å². The fraction of sp³-hybridized carbons (Fsp3) is 0.148. The number of nitrogens with zero attached hydrogens (tertiary/aromatic N) is 1. The molecule has 0 saturated carbocycles. The third-order valence-corrected chi connectivity index (χ3v) is 6.19. The summed E-state index contributed by atoms with van der Waals surface area (Å²) in [6, 6.07) is 16.0. The molecule has 184 valence electrons. The average Bonchev–Trinajstić information content (AvgIpc) is 2.86. The molecule has 1 amide bonds. The normalized spacial score (nSPS) is 10.6. The molecule has 0 radical (unpaired) electrons. The standard InChI is InChI=1S/C27H24ClN3O4S/c1-15-6-5-7-18(16(15)2)26(32)31-27(36)30-17-8-9-23(20(28)12-17)35-22-10-11-29-21-14-25(34-4)24(33-3)13-19(21)22/h5-14H,1-4H3,(H2,30,31,32,36). The molecule has 36 heavy (non-hydrogen) atoms.